The Bertz CT molecular complexity index is 368. The van der Waals surface area contributed by atoms with Crippen LogP contribution in [0.2, 0.25) is 0 Å². The summed E-state index contributed by atoms with van der Waals surface area (Å²) >= 11 is 1.68. The van der Waals surface area contributed by atoms with Gasteiger partial charge in [-0.25, -0.2) is 4.98 Å². The van der Waals surface area contributed by atoms with Crippen molar-refractivity contribution in [2.45, 2.75) is 33.1 Å². The van der Waals surface area contributed by atoms with Crippen LogP contribution in [0, 0.1) is 5.92 Å². The van der Waals surface area contributed by atoms with Crippen molar-refractivity contribution in [1.29, 1.82) is 0 Å². The molecule has 0 amide bonds. The predicted molar refractivity (Wildman–Crippen MR) is 72.7 cm³/mol. The molecule has 0 spiro atoms. The van der Waals surface area contributed by atoms with Gasteiger partial charge in [-0.2, -0.15) is 0 Å². The third-order valence-corrected chi connectivity index (χ3v) is 4.05. The van der Waals surface area contributed by atoms with E-state index in [2.05, 4.69) is 29.1 Å². The fourth-order valence-electron chi connectivity index (χ4n) is 2.12. The summed E-state index contributed by atoms with van der Waals surface area (Å²) in [6, 6.07) is 0. The van der Waals surface area contributed by atoms with Crippen molar-refractivity contribution < 1.29 is 9.47 Å². The molecule has 4 nitrogen and oxygen atoms in total. The summed E-state index contributed by atoms with van der Waals surface area (Å²) in [5.74, 6) is 0.576. The summed E-state index contributed by atoms with van der Waals surface area (Å²) in [5, 5.41) is 3.19. The lowest BCUT2D eigenvalue weighted by Gasteiger charge is -2.34. The van der Waals surface area contributed by atoms with Crippen molar-refractivity contribution in [2.24, 2.45) is 5.92 Å². The van der Waals surface area contributed by atoms with Gasteiger partial charge in [0, 0.05) is 32.1 Å². The molecule has 1 aliphatic rings. The average molecular weight is 270 g/mol. The normalized spacial score (nSPS) is 21.7. The van der Waals surface area contributed by atoms with Crippen LogP contribution in [0.1, 0.15) is 24.5 Å². The van der Waals surface area contributed by atoms with E-state index in [1.165, 1.54) is 0 Å². The molecule has 0 aliphatic carbocycles. The molecule has 1 aromatic heterocycles. The van der Waals surface area contributed by atoms with Crippen LogP contribution in [0.25, 0.3) is 0 Å². The number of methoxy groups -OCH3 is 1. The molecular weight excluding hydrogens is 248 g/mol. The average Bonchev–Trinajstić information content (AvgIpc) is 2.77. The molecule has 1 fully saturated rings. The molecule has 1 atom stereocenters. The highest BCUT2D eigenvalue weighted by Gasteiger charge is 2.23. The van der Waals surface area contributed by atoms with E-state index in [-0.39, 0.29) is 0 Å². The van der Waals surface area contributed by atoms with Gasteiger partial charge >= 0.3 is 0 Å². The Kier molecular flexibility index (Phi) is 5.12. The maximum Gasteiger partial charge on any atom is 0.119 e. The molecule has 5 heteroatoms. The quantitative estimate of drug-likeness (QED) is 0.821. The number of hydrogen-bond acceptors (Lipinski definition) is 5. The number of rotatable bonds is 5. The Morgan fingerprint density at radius 2 is 2.44 bits per heavy atom. The highest BCUT2D eigenvalue weighted by molar-refractivity contribution is 7.09. The van der Waals surface area contributed by atoms with Crippen molar-refractivity contribution in [2.75, 3.05) is 26.8 Å². The highest BCUT2D eigenvalue weighted by Crippen LogP contribution is 2.17. The zero-order valence-corrected chi connectivity index (χ0v) is 12.2. The lowest BCUT2D eigenvalue weighted by molar-refractivity contribution is -0.0532. The Labute approximate surface area is 113 Å². The number of ether oxygens (including phenoxy) is 2. The van der Waals surface area contributed by atoms with Gasteiger partial charge in [0.2, 0.25) is 0 Å². The number of aromatic nitrogens is 1. The number of nitrogens with zero attached hydrogens (tertiary/aromatic N) is 2. The zero-order valence-electron chi connectivity index (χ0n) is 11.4. The zero-order chi connectivity index (χ0) is 13.0. The standard InChI is InChI=1S/C13H22N2O2S/c1-10(2)12-7-15(4-5-17-12)6-11-9-18-13(14-11)8-16-3/h9-10,12H,4-8H2,1-3H3/t12-/m1/s1. The Balaban J connectivity index is 1.87. The Morgan fingerprint density at radius 3 is 3.17 bits per heavy atom. The van der Waals surface area contributed by atoms with Gasteiger partial charge in [0.1, 0.15) is 5.01 Å². The molecule has 1 aliphatic heterocycles. The first-order valence-electron chi connectivity index (χ1n) is 6.45. The van der Waals surface area contributed by atoms with Gasteiger partial charge in [-0.1, -0.05) is 13.8 Å². The lowest BCUT2D eigenvalue weighted by atomic mass is 10.1. The maximum atomic E-state index is 5.77. The monoisotopic (exact) mass is 270 g/mol. The molecule has 102 valence electrons. The van der Waals surface area contributed by atoms with Gasteiger partial charge in [0.25, 0.3) is 0 Å². The van der Waals surface area contributed by atoms with Gasteiger partial charge in [-0.15, -0.1) is 11.3 Å². The highest BCUT2D eigenvalue weighted by atomic mass is 32.1. The second kappa shape index (κ2) is 6.61. The minimum absolute atomic E-state index is 0.357. The third kappa shape index (κ3) is 3.75. The van der Waals surface area contributed by atoms with E-state index in [4.69, 9.17) is 9.47 Å². The molecule has 0 radical (unpaired) electrons. The smallest absolute Gasteiger partial charge is 0.119 e. The van der Waals surface area contributed by atoms with Crippen molar-refractivity contribution in [3.8, 4) is 0 Å². The van der Waals surface area contributed by atoms with Crippen LogP contribution in [0.4, 0.5) is 0 Å². The van der Waals surface area contributed by atoms with Gasteiger partial charge in [0.05, 0.1) is 25.0 Å². The molecule has 0 unspecified atom stereocenters. The first kappa shape index (κ1) is 13.9. The molecule has 0 saturated carbocycles. The lowest BCUT2D eigenvalue weighted by Crippen LogP contribution is -2.44. The molecule has 2 heterocycles. The number of hydrogen-bond donors (Lipinski definition) is 0. The van der Waals surface area contributed by atoms with Crippen LogP contribution in [0.5, 0.6) is 0 Å². The van der Waals surface area contributed by atoms with Crippen LogP contribution >= 0.6 is 11.3 Å². The minimum atomic E-state index is 0.357. The van der Waals surface area contributed by atoms with E-state index in [0.29, 0.717) is 18.6 Å². The van der Waals surface area contributed by atoms with Crippen molar-refractivity contribution in [3.63, 3.8) is 0 Å². The Hall–Kier alpha value is -0.490. The van der Waals surface area contributed by atoms with E-state index in [0.717, 1.165) is 36.9 Å². The first-order valence-corrected chi connectivity index (χ1v) is 7.33. The topological polar surface area (TPSA) is 34.6 Å². The second-order valence-electron chi connectivity index (χ2n) is 5.05. The molecule has 0 aromatic carbocycles. The molecule has 0 N–H and O–H groups in total. The molecule has 2 rings (SSSR count). The van der Waals surface area contributed by atoms with Gasteiger partial charge < -0.3 is 9.47 Å². The van der Waals surface area contributed by atoms with Gasteiger partial charge in [-0.3, -0.25) is 4.90 Å². The van der Waals surface area contributed by atoms with Crippen LogP contribution in [-0.4, -0.2) is 42.8 Å². The SMILES string of the molecule is COCc1nc(CN2CCO[C@@H](C(C)C)C2)cs1. The third-order valence-electron chi connectivity index (χ3n) is 3.17. The van der Waals surface area contributed by atoms with E-state index in [1.807, 2.05) is 0 Å². The fourth-order valence-corrected chi connectivity index (χ4v) is 2.87. The summed E-state index contributed by atoms with van der Waals surface area (Å²) in [5.41, 5.74) is 1.15. The van der Waals surface area contributed by atoms with E-state index in [1.54, 1.807) is 18.4 Å². The summed E-state index contributed by atoms with van der Waals surface area (Å²) in [6.07, 6.45) is 0.357. The predicted octanol–water partition coefficient (Wildman–Crippen LogP) is 2.15. The van der Waals surface area contributed by atoms with Crippen molar-refractivity contribution in [3.05, 3.63) is 16.1 Å². The van der Waals surface area contributed by atoms with E-state index in [9.17, 15) is 0 Å². The molecule has 1 aromatic rings. The molecular formula is C13H22N2O2S. The number of morpholine rings is 1. The summed E-state index contributed by atoms with van der Waals surface area (Å²) in [6.45, 7) is 8.81. The summed E-state index contributed by atoms with van der Waals surface area (Å²) in [4.78, 5) is 7.01. The van der Waals surface area contributed by atoms with Gasteiger partial charge in [0.15, 0.2) is 0 Å². The van der Waals surface area contributed by atoms with E-state index >= 15 is 0 Å². The molecule has 18 heavy (non-hydrogen) atoms. The molecule has 0 bridgehead atoms. The van der Waals surface area contributed by atoms with Crippen molar-refractivity contribution in [1.82, 2.24) is 9.88 Å². The second-order valence-corrected chi connectivity index (χ2v) is 6.00. The molecule has 1 saturated heterocycles. The van der Waals surface area contributed by atoms with Crippen LogP contribution < -0.4 is 0 Å². The minimum Gasteiger partial charge on any atom is -0.378 e. The largest absolute Gasteiger partial charge is 0.378 e. The summed E-state index contributed by atoms with van der Waals surface area (Å²) in [7, 11) is 1.70. The maximum absolute atomic E-state index is 5.77. The fraction of sp³-hybridized carbons (Fsp3) is 0.769. The van der Waals surface area contributed by atoms with Crippen LogP contribution in [-0.2, 0) is 22.6 Å². The van der Waals surface area contributed by atoms with Crippen molar-refractivity contribution >= 4 is 11.3 Å². The first-order chi connectivity index (χ1) is 8.69. The number of thiazole rings is 1. The summed E-state index contributed by atoms with van der Waals surface area (Å²) < 4.78 is 10.9. The van der Waals surface area contributed by atoms with Crippen LogP contribution in [0.15, 0.2) is 5.38 Å². The van der Waals surface area contributed by atoms with E-state index < -0.39 is 0 Å². The van der Waals surface area contributed by atoms with Crippen LogP contribution in [0.3, 0.4) is 0 Å². The van der Waals surface area contributed by atoms with Gasteiger partial charge in [-0.05, 0) is 5.92 Å². The Morgan fingerprint density at radius 1 is 1.61 bits per heavy atom.